The highest BCUT2D eigenvalue weighted by Gasteiger charge is 2.32. The second kappa shape index (κ2) is 5.38. The van der Waals surface area contributed by atoms with Gasteiger partial charge in [-0.3, -0.25) is 4.90 Å². The zero-order valence-electron chi connectivity index (χ0n) is 11.9. The summed E-state index contributed by atoms with van der Waals surface area (Å²) in [6, 6.07) is 12.1. The van der Waals surface area contributed by atoms with Gasteiger partial charge in [0.2, 0.25) is 0 Å². The largest absolute Gasteiger partial charge is 0.359 e. The molecule has 4 heteroatoms. The molecule has 1 saturated heterocycles. The van der Waals surface area contributed by atoms with Gasteiger partial charge in [-0.15, -0.1) is 0 Å². The zero-order valence-corrected chi connectivity index (χ0v) is 11.9. The first-order valence-corrected chi connectivity index (χ1v) is 7.12. The predicted octanol–water partition coefficient (Wildman–Crippen LogP) is 2.51. The maximum atomic E-state index is 5.84. The molecule has 1 aromatic carbocycles. The molecule has 4 nitrogen and oxygen atoms in total. The summed E-state index contributed by atoms with van der Waals surface area (Å²) in [6.07, 6.45) is 1.16. The summed E-state index contributed by atoms with van der Waals surface area (Å²) in [5.41, 5.74) is 8.09. The molecule has 2 heterocycles. The van der Waals surface area contributed by atoms with E-state index in [-0.39, 0.29) is 5.41 Å². The van der Waals surface area contributed by atoms with Gasteiger partial charge < -0.3 is 10.3 Å². The average Bonchev–Trinajstić information content (AvgIpc) is 3.08. The Morgan fingerprint density at radius 1 is 1.35 bits per heavy atom. The van der Waals surface area contributed by atoms with Gasteiger partial charge in [0, 0.05) is 18.2 Å². The van der Waals surface area contributed by atoms with Crippen LogP contribution < -0.4 is 5.73 Å². The van der Waals surface area contributed by atoms with Crippen LogP contribution in [0.2, 0.25) is 0 Å². The first-order chi connectivity index (χ1) is 9.68. The molecule has 1 aromatic heterocycles. The highest BCUT2D eigenvalue weighted by atomic mass is 16.5. The minimum absolute atomic E-state index is 0.252. The van der Waals surface area contributed by atoms with Gasteiger partial charge in [0.15, 0.2) is 5.76 Å². The molecule has 1 unspecified atom stereocenters. The Morgan fingerprint density at radius 3 is 2.85 bits per heavy atom. The van der Waals surface area contributed by atoms with E-state index in [2.05, 4.69) is 17.0 Å². The number of benzene rings is 1. The lowest BCUT2D eigenvalue weighted by atomic mass is 9.90. The van der Waals surface area contributed by atoms with E-state index in [4.69, 9.17) is 10.3 Å². The summed E-state index contributed by atoms with van der Waals surface area (Å²) in [4.78, 5) is 2.39. The number of likely N-dealkylation sites (tertiary alicyclic amines) is 1. The summed E-state index contributed by atoms with van der Waals surface area (Å²) in [7, 11) is 0. The fourth-order valence-electron chi connectivity index (χ4n) is 2.78. The van der Waals surface area contributed by atoms with Gasteiger partial charge in [-0.25, -0.2) is 0 Å². The van der Waals surface area contributed by atoms with E-state index >= 15 is 0 Å². The normalized spacial score (nSPS) is 23.3. The molecular weight excluding hydrogens is 250 g/mol. The van der Waals surface area contributed by atoms with Crippen LogP contribution in [-0.2, 0) is 6.54 Å². The third-order valence-electron chi connectivity index (χ3n) is 4.14. The second-order valence-electron chi connectivity index (χ2n) is 6.02. The van der Waals surface area contributed by atoms with Crippen molar-refractivity contribution >= 4 is 0 Å². The van der Waals surface area contributed by atoms with Crippen LogP contribution in [-0.4, -0.2) is 29.7 Å². The predicted molar refractivity (Wildman–Crippen MR) is 79.0 cm³/mol. The number of nitrogens with zero attached hydrogens (tertiary/aromatic N) is 2. The maximum absolute atomic E-state index is 5.84. The first kappa shape index (κ1) is 13.3. The Balaban J connectivity index is 1.67. The Bertz CT molecular complexity index is 566. The Morgan fingerprint density at radius 2 is 2.15 bits per heavy atom. The Hall–Kier alpha value is -1.65. The number of nitrogens with two attached hydrogens (primary N) is 1. The van der Waals surface area contributed by atoms with Crippen LogP contribution in [0.25, 0.3) is 11.3 Å². The molecule has 20 heavy (non-hydrogen) atoms. The molecule has 0 bridgehead atoms. The van der Waals surface area contributed by atoms with Crippen LogP contribution in [0.1, 0.15) is 19.1 Å². The smallest absolute Gasteiger partial charge is 0.151 e. The number of hydrogen-bond acceptors (Lipinski definition) is 4. The molecule has 1 aliphatic rings. The van der Waals surface area contributed by atoms with Crippen LogP contribution in [0, 0.1) is 5.41 Å². The van der Waals surface area contributed by atoms with Crippen molar-refractivity contribution in [2.45, 2.75) is 19.9 Å². The van der Waals surface area contributed by atoms with Crippen molar-refractivity contribution in [1.82, 2.24) is 10.1 Å². The summed E-state index contributed by atoms with van der Waals surface area (Å²) in [5.74, 6) is 0.921. The topological polar surface area (TPSA) is 55.3 Å². The average molecular weight is 271 g/mol. The lowest BCUT2D eigenvalue weighted by Crippen LogP contribution is -2.31. The molecule has 106 valence electrons. The lowest BCUT2D eigenvalue weighted by molar-refractivity contribution is 0.243. The molecule has 0 radical (unpaired) electrons. The summed E-state index contributed by atoms with van der Waals surface area (Å²) < 4.78 is 5.46. The third kappa shape index (κ3) is 2.76. The van der Waals surface area contributed by atoms with Gasteiger partial charge in [0.25, 0.3) is 0 Å². The fraction of sp³-hybridized carbons (Fsp3) is 0.438. The van der Waals surface area contributed by atoms with E-state index in [0.29, 0.717) is 0 Å². The van der Waals surface area contributed by atoms with E-state index in [1.165, 1.54) is 0 Å². The van der Waals surface area contributed by atoms with Gasteiger partial charge in [0.1, 0.15) is 5.69 Å². The Labute approximate surface area is 119 Å². The van der Waals surface area contributed by atoms with E-state index in [1.807, 2.05) is 36.4 Å². The van der Waals surface area contributed by atoms with E-state index in [1.54, 1.807) is 0 Å². The molecule has 1 fully saturated rings. The van der Waals surface area contributed by atoms with Crippen LogP contribution >= 0.6 is 0 Å². The van der Waals surface area contributed by atoms with Crippen molar-refractivity contribution in [2.75, 3.05) is 19.6 Å². The molecule has 0 spiro atoms. The molecule has 0 saturated carbocycles. The molecule has 0 amide bonds. The zero-order chi connectivity index (χ0) is 14.0. The van der Waals surface area contributed by atoms with E-state index < -0.39 is 0 Å². The standard InChI is InChI=1S/C16H21N3O/c1-16(11-17)7-8-19(12-16)10-14-9-15(18-20-14)13-5-3-2-4-6-13/h2-6,9H,7-8,10-12,17H2,1H3. The fourth-order valence-corrected chi connectivity index (χ4v) is 2.78. The highest BCUT2D eigenvalue weighted by molar-refractivity contribution is 5.58. The summed E-state index contributed by atoms with van der Waals surface area (Å²) >= 11 is 0. The van der Waals surface area contributed by atoms with Gasteiger partial charge >= 0.3 is 0 Å². The lowest BCUT2D eigenvalue weighted by Gasteiger charge is -2.21. The molecule has 2 N–H and O–H groups in total. The van der Waals surface area contributed by atoms with Crippen molar-refractivity contribution in [3.05, 3.63) is 42.2 Å². The van der Waals surface area contributed by atoms with Crippen molar-refractivity contribution in [2.24, 2.45) is 11.1 Å². The van der Waals surface area contributed by atoms with E-state index in [0.717, 1.165) is 49.6 Å². The molecule has 3 rings (SSSR count). The van der Waals surface area contributed by atoms with Gasteiger partial charge in [-0.05, 0) is 24.9 Å². The molecule has 2 aromatic rings. The van der Waals surface area contributed by atoms with Gasteiger partial charge in [-0.1, -0.05) is 42.4 Å². The van der Waals surface area contributed by atoms with Crippen molar-refractivity contribution in [1.29, 1.82) is 0 Å². The maximum Gasteiger partial charge on any atom is 0.151 e. The second-order valence-corrected chi connectivity index (χ2v) is 6.02. The van der Waals surface area contributed by atoms with Gasteiger partial charge in [-0.2, -0.15) is 0 Å². The van der Waals surface area contributed by atoms with E-state index in [9.17, 15) is 0 Å². The van der Waals surface area contributed by atoms with Crippen LogP contribution in [0.5, 0.6) is 0 Å². The van der Waals surface area contributed by atoms with Crippen LogP contribution in [0.15, 0.2) is 40.9 Å². The first-order valence-electron chi connectivity index (χ1n) is 7.12. The van der Waals surface area contributed by atoms with Gasteiger partial charge in [0.05, 0.1) is 6.54 Å². The number of aromatic nitrogens is 1. The number of hydrogen-bond donors (Lipinski definition) is 1. The summed E-state index contributed by atoms with van der Waals surface area (Å²) in [6.45, 7) is 5.92. The highest BCUT2D eigenvalue weighted by Crippen LogP contribution is 2.30. The minimum atomic E-state index is 0.252. The number of rotatable bonds is 4. The van der Waals surface area contributed by atoms with Crippen LogP contribution in [0.4, 0.5) is 0 Å². The van der Waals surface area contributed by atoms with Crippen molar-refractivity contribution in [3.63, 3.8) is 0 Å². The third-order valence-corrected chi connectivity index (χ3v) is 4.14. The monoisotopic (exact) mass is 271 g/mol. The Kier molecular flexibility index (Phi) is 3.59. The molecule has 0 aliphatic carbocycles. The molecule has 1 aliphatic heterocycles. The van der Waals surface area contributed by atoms with Crippen LogP contribution in [0.3, 0.4) is 0 Å². The molecule has 1 atom stereocenters. The molecular formula is C16H21N3O. The quantitative estimate of drug-likeness (QED) is 0.928. The SMILES string of the molecule is CC1(CN)CCN(Cc2cc(-c3ccccc3)no2)C1. The van der Waals surface area contributed by atoms with Crippen molar-refractivity contribution < 1.29 is 4.52 Å². The summed E-state index contributed by atoms with van der Waals surface area (Å²) in [5, 5.41) is 4.16. The minimum Gasteiger partial charge on any atom is -0.359 e. The van der Waals surface area contributed by atoms with Crippen molar-refractivity contribution in [3.8, 4) is 11.3 Å².